The average molecular weight is 318 g/mol. The van der Waals surface area contributed by atoms with Crippen molar-refractivity contribution in [3.8, 4) is 0 Å². The van der Waals surface area contributed by atoms with Crippen molar-refractivity contribution in [2.45, 2.75) is 19.4 Å². The molecule has 22 heavy (non-hydrogen) atoms. The molecule has 2 rings (SSSR count). The number of nitrogens with zero attached hydrogens (tertiary/aromatic N) is 1. The fraction of sp³-hybridized carbons (Fsp3) is 0.267. The van der Waals surface area contributed by atoms with Crippen LogP contribution in [0.2, 0.25) is 0 Å². The van der Waals surface area contributed by atoms with Gasteiger partial charge in [-0.15, -0.1) is 0 Å². The Morgan fingerprint density at radius 2 is 2.23 bits per heavy atom. The Labute approximate surface area is 133 Å². The number of pyridine rings is 1. The molecule has 2 aromatic rings. The third kappa shape index (κ3) is 5.53. The molecule has 0 aliphatic heterocycles. The van der Waals surface area contributed by atoms with Gasteiger partial charge in [0.1, 0.15) is 0 Å². The van der Waals surface area contributed by atoms with E-state index in [9.17, 15) is 9.59 Å². The summed E-state index contributed by atoms with van der Waals surface area (Å²) in [6.07, 6.45) is 3.93. The summed E-state index contributed by atoms with van der Waals surface area (Å²) in [6, 6.07) is 5.12. The maximum absolute atomic E-state index is 11.7. The van der Waals surface area contributed by atoms with Crippen molar-refractivity contribution in [2.24, 2.45) is 0 Å². The molecular weight excluding hydrogens is 300 g/mol. The quantitative estimate of drug-likeness (QED) is 0.762. The number of rotatable bonds is 6. The topological polar surface area (TPSA) is 83.1 Å². The van der Waals surface area contributed by atoms with Gasteiger partial charge in [-0.05, 0) is 47.9 Å². The van der Waals surface area contributed by atoms with E-state index in [1.54, 1.807) is 35.9 Å². The van der Waals surface area contributed by atoms with Crippen LogP contribution in [-0.4, -0.2) is 29.5 Å². The Morgan fingerprint density at radius 3 is 2.91 bits per heavy atom. The smallest absolute Gasteiger partial charge is 0.315 e. The van der Waals surface area contributed by atoms with Crippen LogP contribution in [0.5, 0.6) is 0 Å². The van der Waals surface area contributed by atoms with E-state index in [2.05, 4.69) is 26.3 Å². The number of hydrogen-bond donors (Lipinski definition) is 3. The molecule has 0 fully saturated rings. The average Bonchev–Trinajstić information content (AvgIpc) is 2.99. The molecule has 0 unspecified atom stereocenters. The molecule has 0 aromatic carbocycles. The van der Waals surface area contributed by atoms with Gasteiger partial charge in [-0.1, -0.05) is 0 Å². The van der Waals surface area contributed by atoms with Crippen LogP contribution in [0.15, 0.2) is 41.4 Å². The Hall–Kier alpha value is -2.41. The zero-order valence-electron chi connectivity index (χ0n) is 12.2. The first-order chi connectivity index (χ1) is 10.6. The van der Waals surface area contributed by atoms with Crippen molar-refractivity contribution < 1.29 is 9.59 Å². The molecule has 0 spiro atoms. The Morgan fingerprint density at radius 1 is 1.36 bits per heavy atom. The summed E-state index contributed by atoms with van der Waals surface area (Å²) >= 11 is 1.63. The molecule has 1 atom stereocenters. The summed E-state index contributed by atoms with van der Waals surface area (Å²) in [7, 11) is 0. The van der Waals surface area contributed by atoms with Crippen LogP contribution in [0.3, 0.4) is 0 Å². The van der Waals surface area contributed by atoms with E-state index >= 15 is 0 Å². The predicted molar refractivity (Wildman–Crippen MR) is 86.9 cm³/mol. The molecule has 3 N–H and O–H groups in total. The maximum atomic E-state index is 11.7. The molecular formula is C15H18N4O2S. The second-order valence-corrected chi connectivity index (χ2v) is 5.63. The molecule has 3 amide bonds. The maximum Gasteiger partial charge on any atom is 0.315 e. The first-order valence-corrected chi connectivity index (χ1v) is 7.83. The van der Waals surface area contributed by atoms with E-state index in [1.165, 1.54) is 5.56 Å². The zero-order chi connectivity index (χ0) is 15.8. The lowest BCUT2D eigenvalue weighted by atomic mass is 10.1. The first-order valence-electron chi connectivity index (χ1n) is 6.89. The van der Waals surface area contributed by atoms with Gasteiger partial charge in [0.25, 0.3) is 0 Å². The minimum Gasteiger partial charge on any atom is -0.335 e. The summed E-state index contributed by atoms with van der Waals surface area (Å²) in [4.78, 5) is 27.3. The van der Waals surface area contributed by atoms with Gasteiger partial charge in [0.2, 0.25) is 5.91 Å². The van der Waals surface area contributed by atoms with E-state index in [-0.39, 0.29) is 24.5 Å². The van der Waals surface area contributed by atoms with Crippen LogP contribution in [0, 0.1) is 0 Å². The molecule has 0 aliphatic rings. The van der Waals surface area contributed by atoms with E-state index in [0.29, 0.717) is 5.69 Å². The highest BCUT2D eigenvalue weighted by atomic mass is 32.1. The normalized spacial score (nSPS) is 11.5. The molecule has 2 heterocycles. The summed E-state index contributed by atoms with van der Waals surface area (Å²) in [6.45, 7) is 1.83. The number of carbonyl (C=O) groups excluding carboxylic acids is 2. The number of hydrogen-bond acceptors (Lipinski definition) is 4. The van der Waals surface area contributed by atoms with Gasteiger partial charge in [-0.2, -0.15) is 11.3 Å². The SMILES string of the molecule is C[C@H](Cc1ccsc1)NC(=O)NCC(=O)Nc1cccnc1. The molecule has 0 saturated carbocycles. The number of urea groups is 1. The Kier molecular flexibility index (Phi) is 5.91. The van der Waals surface area contributed by atoms with Gasteiger partial charge < -0.3 is 16.0 Å². The highest BCUT2D eigenvalue weighted by molar-refractivity contribution is 7.07. The van der Waals surface area contributed by atoms with E-state index in [4.69, 9.17) is 0 Å². The lowest BCUT2D eigenvalue weighted by Crippen LogP contribution is -2.44. The molecule has 0 saturated heterocycles. The second-order valence-electron chi connectivity index (χ2n) is 4.85. The lowest BCUT2D eigenvalue weighted by Gasteiger charge is -2.14. The molecule has 6 nitrogen and oxygen atoms in total. The van der Waals surface area contributed by atoms with Gasteiger partial charge in [-0.3, -0.25) is 9.78 Å². The summed E-state index contributed by atoms with van der Waals surface area (Å²) in [5.74, 6) is -0.298. The minimum atomic E-state index is -0.357. The molecule has 0 aliphatic carbocycles. The van der Waals surface area contributed by atoms with Crippen LogP contribution in [0.4, 0.5) is 10.5 Å². The molecule has 0 radical (unpaired) electrons. The summed E-state index contributed by atoms with van der Waals surface area (Å²) < 4.78 is 0. The second kappa shape index (κ2) is 8.14. The highest BCUT2D eigenvalue weighted by Gasteiger charge is 2.09. The van der Waals surface area contributed by atoms with Gasteiger partial charge >= 0.3 is 6.03 Å². The molecule has 2 aromatic heterocycles. The third-order valence-electron chi connectivity index (χ3n) is 2.85. The van der Waals surface area contributed by atoms with Crippen molar-refractivity contribution in [1.82, 2.24) is 15.6 Å². The summed E-state index contributed by atoms with van der Waals surface area (Å²) in [5, 5.41) is 12.0. The largest absolute Gasteiger partial charge is 0.335 e. The fourth-order valence-corrected chi connectivity index (χ4v) is 2.57. The van der Waals surface area contributed by atoms with Gasteiger partial charge in [-0.25, -0.2) is 4.79 Å². The van der Waals surface area contributed by atoms with Crippen molar-refractivity contribution in [1.29, 1.82) is 0 Å². The summed E-state index contributed by atoms with van der Waals surface area (Å²) in [5.41, 5.74) is 1.78. The lowest BCUT2D eigenvalue weighted by molar-refractivity contribution is -0.115. The number of nitrogens with one attached hydrogen (secondary N) is 3. The van der Waals surface area contributed by atoms with Crippen LogP contribution >= 0.6 is 11.3 Å². The third-order valence-corrected chi connectivity index (χ3v) is 3.59. The van der Waals surface area contributed by atoms with E-state index < -0.39 is 0 Å². The standard InChI is InChI=1S/C15H18N4O2S/c1-11(7-12-4-6-22-10-12)18-15(21)17-9-14(20)19-13-3-2-5-16-8-13/h2-6,8,10-11H,7,9H2,1H3,(H,19,20)(H2,17,18,21)/t11-/m1/s1. The van der Waals surface area contributed by atoms with Crippen LogP contribution in [0.1, 0.15) is 12.5 Å². The number of anilines is 1. The minimum absolute atomic E-state index is 0.00372. The number of amides is 3. The Balaban J connectivity index is 1.67. The van der Waals surface area contributed by atoms with Gasteiger partial charge in [0.15, 0.2) is 0 Å². The molecule has 7 heteroatoms. The highest BCUT2D eigenvalue weighted by Crippen LogP contribution is 2.08. The van der Waals surface area contributed by atoms with Crippen LogP contribution in [-0.2, 0) is 11.2 Å². The van der Waals surface area contributed by atoms with E-state index in [0.717, 1.165) is 6.42 Å². The van der Waals surface area contributed by atoms with Gasteiger partial charge in [0.05, 0.1) is 18.4 Å². The van der Waals surface area contributed by atoms with Crippen molar-refractivity contribution in [2.75, 3.05) is 11.9 Å². The number of aromatic nitrogens is 1. The van der Waals surface area contributed by atoms with Crippen molar-refractivity contribution >= 4 is 29.0 Å². The van der Waals surface area contributed by atoms with Gasteiger partial charge in [0, 0.05) is 12.2 Å². The molecule has 116 valence electrons. The fourth-order valence-electron chi connectivity index (χ4n) is 1.89. The number of carbonyl (C=O) groups is 2. The van der Waals surface area contributed by atoms with Crippen LogP contribution in [0.25, 0.3) is 0 Å². The van der Waals surface area contributed by atoms with E-state index in [1.807, 2.05) is 18.4 Å². The van der Waals surface area contributed by atoms with Crippen molar-refractivity contribution in [3.05, 3.63) is 46.9 Å². The predicted octanol–water partition coefficient (Wildman–Crippen LogP) is 2.01. The van der Waals surface area contributed by atoms with Crippen LogP contribution < -0.4 is 16.0 Å². The monoisotopic (exact) mass is 318 g/mol. The molecule has 0 bridgehead atoms. The van der Waals surface area contributed by atoms with Crippen molar-refractivity contribution in [3.63, 3.8) is 0 Å². The first kappa shape index (κ1) is 16.0. The zero-order valence-corrected chi connectivity index (χ0v) is 13.0. The number of thiophene rings is 1. The Bertz CT molecular complexity index is 601.